The minimum atomic E-state index is 0. The van der Waals surface area contributed by atoms with Gasteiger partial charge in [0, 0.05) is 43.4 Å². The fourth-order valence-electron chi connectivity index (χ4n) is 0. The zero-order valence-corrected chi connectivity index (χ0v) is 6.70. The quantitative estimate of drug-likeness (QED) is 0.349. The van der Waals surface area contributed by atoms with Crippen LogP contribution in [0.3, 0.4) is 0 Å². The van der Waals surface area contributed by atoms with Gasteiger partial charge >= 0.3 is 0 Å². The Labute approximate surface area is 63.5 Å². The molecular weight excluding hydrogens is 132 g/mol. The number of rotatable bonds is 0. The van der Waals surface area contributed by atoms with Crippen molar-refractivity contribution in [2.45, 2.75) is 13.8 Å². The van der Waals surface area contributed by atoms with E-state index in [9.17, 15) is 0 Å². The molecule has 0 aliphatic carbocycles. The minimum Gasteiger partial charge on any atom is -0.335 e. The zero-order chi connectivity index (χ0) is 2.71. The molecule has 0 atom stereocenters. The smallest absolute Gasteiger partial charge is 0 e. The topological polar surface area (TPSA) is 0 Å². The van der Waals surface area contributed by atoms with Crippen molar-refractivity contribution < 1.29 is 43.4 Å². The third kappa shape index (κ3) is 31.3. The second-order valence-electron chi connectivity index (χ2n) is 0.577. The van der Waals surface area contributed by atoms with Gasteiger partial charge in [-0.2, -0.15) is 13.8 Å². The second-order valence-corrected chi connectivity index (χ2v) is 0.577. The first-order valence-electron chi connectivity index (χ1n) is 1.15. The van der Waals surface area contributed by atoms with Crippen molar-refractivity contribution in [3.8, 4) is 0 Å². The molecule has 0 aromatic heterocycles. The van der Waals surface area contributed by atoms with E-state index in [1.807, 2.05) is 20.3 Å². The van der Waals surface area contributed by atoms with Crippen LogP contribution in [-0.4, -0.2) is 0 Å². The van der Waals surface area contributed by atoms with E-state index in [4.69, 9.17) is 0 Å². The van der Waals surface area contributed by atoms with Crippen LogP contribution in [0.25, 0.3) is 0 Å². The molecule has 0 fully saturated rings. The number of hydrogen-bond donors (Lipinski definition) is 0. The summed E-state index contributed by atoms with van der Waals surface area (Å²) in [5.74, 6) is 0. The molecule has 0 aromatic carbocycles. The molecule has 0 aliphatic rings. The van der Waals surface area contributed by atoms with Crippen LogP contribution in [0.2, 0.25) is 0 Å². The van der Waals surface area contributed by atoms with Gasteiger partial charge in [-0.05, 0) is 0 Å². The molecule has 0 radical (unpaired) electrons. The van der Waals surface area contributed by atoms with E-state index in [-0.39, 0.29) is 43.4 Å². The van der Waals surface area contributed by atoms with Gasteiger partial charge in [-0.1, -0.05) is 0 Å². The van der Waals surface area contributed by atoms with Crippen molar-refractivity contribution in [3.63, 3.8) is 0 Å². The third-order valence-corrected chi connectivity index (χ3v) is 0. The van der Waals surface area contributed by atoms with Crippen LogP contribution in [0.4, 0.5) is 0 Å². The Kier molecular flexibility index (Phi) is 58.2. The SMILES string of the molecule is C[CH-]C.[Ti].[Ti]. The van der Waals surface area contributed by atoms with E-state index in [0.717, 1.165) is 0 Å². The van der Waals surface area contributed by atoms with Crippen molar-refractivity contribution in [1.29, 1.82) is 0 Å². The first-order valence-corrected chi connectivity index (χ1v) is 1.15. The first-order chi connectivity index (χ1) is 1.41. The van der Waals surface area contributed by atoms with E-state index < -0.39 is 0 Å². The summed E-state index contributed by atoms with van der Waals surface area (Å²) in [6.45, 7) is 4.00. The summed E-state index contributed by atoms with van der Waals surface area (Å²) in [7, 11) is 0. The molecule has 0 aliphatic heterocycles. The average Bonchev–Trinajstić information content (AvgIpc) is 0.918. The molecular formula is C3H7Ti2-. The minimum absolute atomic E-state index is 0. The molecule has 0 heterocycles. The normalized spacial score (nSPS) is 3.60. The van der Waals surface area contributed by atoms with Crippen LogP contribution < -0.4 is 0 Å². The van der Waals surface area contributed by atoms with E-state index in [0.29, 0.717) is 0 Å². The summed E-state index contributed by atoms with van der Waals surface area (Å²) in [6.07, 6.45) is 2.00. The Bertz CT molecular complexity index is 4.85. The van der Waals surface area contributed by atoms with Gasteiger partial charge in [0.2, 0.25) is 0 Å². The summed E-state index contributed by atoms with van der Waals surface area (Å²) in [4.78, 5) is 0. The summed E-state index contributed by atoms with van der Waals surface area (Å²) < 4.78 is 0. The van der Waals surface area contributed by atoms with Gasteiger partial charge < -0.3 is 6.42 Å². The molecule has 0 amide bonds. The summed E-state index contributed by atoms with van der Waals surface area (Å²) in [6, 6.07) is 0. The van der Waals surface area contributed by atoms with Crippen LogP contribution in [0.1, 0.15) is 13.8 Å². The third-order valence-electron chi connectivity index (χ3n) is 0. The fourth-order valence-corrected chi connectivity index (χ4v) is 0. The molecule has 0 nitrogen and oxygen atoms in total. The largest absolute Gasteiger partial charge is 0.335 e. The average molecular weight is 139 g/mol. The van der Waals surface area contributed by atoms with Crippen molar-refractivity contribution in [2.75, 3.05) is 0 Å². The van der Waals surface area contributed by atoms with Gasteiger partial charge in [0.25, 0.3) is 0 Å². The van der Waals surface area contributed by atoms with Crippen LogP contribution in [0, 0.1) is 6.42 Å². The molecule has 0 rings (SSSR count). The number of hydrogen-bond acceptors (Lipinski definition) is 0. The van der Waals surface area contributed by atoms with E-state index in [1.165, 1.54) is 0 Å². The Morgan fingerprint density at radius 1 is 1.00 bits per heavy atom. The summed E-state index contributed by atoms with van der Waals surface area (Å²) >= 11 is 0. The molecule has 2 heteroatoms. The first kappa shape index (κ1) is 16.1. The Morgan fingerprint density at radius 2 is 1.00 bits per heavy atom. The van der Waals surface area contributed by atoms with E-state index in [2.05, 4.69) is 0 Å². The van der Waals surface area contributed by atoms with Crippen molar-refractivity contribution in [3.05, 3.63) is 6.42 Å². The van der Waals surface area contributed by atoms with Crippen LogP contribution >= 0.6 is 0 Å². The molecule has 0 bridgehead atoms. The second kappa shape index (κ2) is 18.1. The van der Waals surface area contributed by atoms with Crippen LogP contribution in [-0.2, 0) is 43.4 Å². The van der Waals surface area contributed by atoms with E-state index >= 15 is 0 Å². The molecule has 0 spiro atoms. The van der Waals surface area contributed by atoms with Gasteiger partial charge in [-0.15, -0.1) is 0 Å². The molecule has 5 heavy (non-hydrogen) atoms. The Hall–Kier alpha value is 1.43. The van der Waals surface area contributed by atoms with Gasteiger partial charge in [0.05, 0.1) is 0 Å². The Balaban J connectivity index is -0.0000000200. The van der Waals surface area contributed by atoms with Crippen LogP contribution in [0.15, 0.2) is 0 Å². The maximum Gasteiger partial charge on any atom is 0 e. The van der Waals surface area contributed by atoms with Crippen molar-refractivity contribution in [1.82, 2.24) is 0 Å². The fraction of sp³-hybridized carbons (Fsp3) is 0.667. The maximum absolute atomic E-state index is 2.00. The van der Waals surface area contributed by atoms with E-state index in [1.54, 1.807) is 0 Å². The molecule has 0 saturated heterocycles. The molecule has 0 N–H and O–H groups in total. The van der Waals surface area contributed by atoms with Gasteiger partial charge in [0.1, 0.15) is 0 Å². The molecule has 28 valence electrons. The molecule has 0 unspecified atom stereocenters. The molecule has 0 aromatic rings. The van der Waals surface area contributed by atoms with Crippen LogP contribution in [0.5, 0.6) is 0 Å². The summed E-state index contributed by atoms with van der Waals surface area (Å²) in [5, 5.41) is 0. The van der Waals surface area contributed by atoms with Gasteiger partial charge in [-0.3, -0.25) is 0 Å². The van der Waals surface area contributed by atoms with Gasteiger partial charge in [0.15, 0.2) is 0 Å². The summed E-state index contributed by atoms with van der Waals surface area (Å²) in [5.41, 5.74) is 0. The molecule has 0 saturated carbocycles. The predicted octanol–water partition coefficient (Wildman–Crippen LogP) is 1.23. The zero-order valence-electron chi connectivity index (χ0n) is 3.58. The van der Waals surface area contributed by atoms with Crippen molar-refractivity contribution in [2.24, 2.45) is 0 Å². The standard InChI is InChI=1S/C3H7.2Ti/c1-3-2;;/h3H,1-2H3;;/q-1;;. The van der Waals surface area contributed by atoms with Gasteiger partial charge in [-0.25, -0.2) is 0 Å². The van der Waals surface area contributed by atoms with Crippen molar-refractivity contribution >= 4 is 0 Å². The maximum atomic E-state index is 2.00. The predicted molar refractivity (Wildman–Crippen MR) is 15.6 cm³/mol. The Morgan fingerprint density at radius 3 is 1.00 bits per heavy atom. The monoisotopic (exact) mass is 139 g/mol.